The molecule has 0 unspecified atom stereocenters. The molecule has 0 amide bonds. The van der Waals surface area contributed by atoms with Gasteiger partial charge < -0.3 is 5.73 Å². The molecule has 4 nitrogen and oxygen atoms in total. The summed E-state index contributed by atoms with van der Waals surface area (Å²) in [5.41, 5.74) is 6.52. The number of halogens is 2. The Hall–Kier alpha value is -0.320. The summed E-state index contributed by atoms with van der Waals surface area (Å²) in [6.45, 7) is 0. The van der Waals surface area contributed by atoms with Crippen molar-refractivity contribution in [3.8, 4) is 0 Å². The highest BCUT2D eigenvalue weighted by molar-refractivity contribution is 14.1. The monoisotopic (exact) mass is 458 g/mol. The lowest BCUT2D eigenvalue weighted by Gasteiger charge is -2.08. The van der Waals surface area contributed by atoms with E-state index >= 15 is 0 Å². The third-order valence-corrected chi connectivity index (χ3v) is 6.29. The van der Waals surface area contributed by atoms with Crippen molar-refractivity contribution in [1.82, 2.24) is 0 Å². The molecule has 0 radical (unpaired) electrons. The molecule has 1 heterocycles. The third-order valence-electron chi connectivity index (χ3n) is 2.03. The molecule has 8 heteroatoms. The van der Waals surface area contributed by atoms with Crippen molar-refractivity contribution in [2.24, 2.45) is 0 Å². The average molecular weight is 459 g/mol. The van der Waals surface area contributed by atoms with Crippen LogP contribution in [0.2, 0.25) is 0 Å². The van der Waals surface area contributed by atoms with Crippen LogP contribution < -0.4 is 10.5 Å². The summed E-state index contributed by atoms with van der Waals surface area (Å²) in [5.74, 6) is 0. The van der Waals surface area contributed by atoms with E-state index in [0.29, 0.717) is 11.4 Å². The maximum atomic E-state index is 12.1. The summed E-state index contributed by atoms with van der Waals surface area (Å²) in [4.78, 5) is 0. The highest BCUT2D eigenvalue weighted by atomic mass is 127. The SMILES string of the molecule is Nc1csc(S(=O)(=O)Nc2cc(Br)ccc2I)c1. The van der Waals surface area contributed by atoms with Crippen LogP contribution in [0.5, 0.6) is 0 Å². The maximum Gasteiger partial charge on any atom is 0.271 e. The summed E-state index contributed by atoms with van der Waals surface area (Å²) < 4.78 is 28.6. The fourth-order valence-electron chi connectivity index (χ4n) is 1.24. The summed E-state index contributed by atoms with van der Waals surface area (Å²) >= 11 is 6.48. The maximum absolute atomic E-state index is 12.1. The zero-order chi connectivity index (χ0) is 13.3. The first-order chi connectivity index (χ1) is 8.38. The standard InChI is InChI=1S/C10H8BrIN2O2S2/c11-6-1-2-8(12)9(3-6)14-18(15,16)10-4-7(13)5-17-10/h1-5,14H,13H2. The Balaban J connectivity index is 2.36. The molecule has 2 aromatic rings. The van der Waals surface area contributed by atoms with Gasteiger partial charge in [-0.3, -0.25) is 4.72 Å². The Bertz CT molecular complexity index is 685. The Morgan fingerprint density at radius 1 is 1.33 bits per heavy atom. The van der Waals surface area contributed by atoms with Crippen molar-refractivity contribution in [3.05, 3.63) is 37.7 Å². The molecule has 0 saturated carbocycles. The summed E-state index contributed by atoms with van der Waals surface area (Å²) in [5, 5.41) is 1.60. The van der Waals surface area contributed by atoms with E-state index in [9.17, 15) is 8.42 Å². The molecule has 0 aliphatic heterocycles. The average Bonchev–Trinajstić information content (AvgIpc) is 2.71. The molecule has 3 N–H and O–H groups in total. The van der Waals surface area contributed by atoms with Gasteiger partial charge in [0.05, 0.1) is 5.69 Å². The molecule has 1 aromatic heterocycles. The second-order valence-electron chi connectivity index (χ2n) is 3.43. The Morgan fingerprint density at radius 2 is 2.06 bits per heavy atom. The lowest BCUT2D eigenvalue weighted by Crippen LogP contribution is -2.12. The molecule has 0 aliphatic rings. The Labute approximate surface area is 131 Å². The third kappa shape index (κ3) is 3.16. The van der Waals surface area contributed by atoms with Crippen LogP contribution in [-0.2, 0) is 10.0 Å². The molecule has 0 atom stereocenters. The summed E-state index contributed by atoms with van der Waals surface area (Å²) in [6, 6.07) is 6.84. The van der Waals surface area contributed by atoms with E-state index in [0.717, 1.165) is 19.4 Å². The van der Waals surface area contributed by atoms with Gasteiger partial charge >= 0.3 is 0 Å². The number of nitrogen functional groups attached to an aromatic ring is 1. The van der Waals surface area contributed by atoms with Gasteiger partial charge in [-0.15, -0.1) is 11.3 Å². The van der Waals surface area contributed by atoms with Gasteiger partial charge in [0.2, 0.25) is 0 Å². The van der Waals surface area contributed by atoms with Gasteiger partial charge in [-0.1, -0.05) is 15.9 Å². The van der Waals surface area contributed by atoms with Crippen LogP contribution in [-0.4, -0.2) is 8.42 Å². The number of anilines is 2. The number of sulfonamides is 1. The van der Waals surface area contributed by atoms with E-state index < -0.39 is 10.0 Å². The van der Waals surface area contributed by atoms with Gasteiger partial charge in [-0.2, -0.15) is 0 Å². The Kier molecular flexibility index (Phi) is 4.19. The predicted molar refractivity (Wildman–Crippen MR) is 86.4 cm³/mol. The second-order valence-corrected chi connectivity index (χ2v) is 8.33. The predicted octanol–water partition coefficient (Wildman–Crippen LogP) is 3.50. The van der Waals surface area contributed by atoms with Crippen molar-refractivity contribution in [2.75, 3.05) is 10.5 Å². The summed E-state index contributed by atoms with van der Waals surface area (Å²) in [6.07, 6.45) is 0. The van der Waals surface area contributed by atoms with E-state index in [4.69, 9.17) is 5.73 Å². The molecule has 96 valence electrons. The first kappa shape index (κ1) is 14.1. The van der Waals surface area contributed by atoms with Crippen molar-refractivity contribution in [2.45, 2.75) is 4.21 Å². The van der Waals surface area contributed by atoms with Crippen LogP contribution in [0.1, 0.15) is 0 Å². The molecule has 0 aliphatic carbocycles. The second kappa shape index (κ2) is 5.35. The fourth-order valence-corrected chi connectivity index (χ4v) is 4.41. The molecule has 2 rings (SSSR count). The van der Waals surface area contributed by atoms with E-state index in [2.05, 4.69) is 43.2 Å². The zero-order valence-electron chi connectivity index (χ0n) is 8.85. The lowest BCUT2D eigenvalue weighted by molar-refractivity contribution is 0.603. The van der Waals surface area contributed by atoms with Gasteiger partial charge in [0.1, 0.15) is 4.21 Å². The minimum absolute atomic E-state index is 0.204. The number of hydrogen-bond acceptors (Lipinski definition) is 4. The molecule has 1 aromatic carbocycles. The molecule has 0 spiro atoms. The van der Waals surface area contributed by atoms with Crippen molar-refractivity contribution < 1.29 is 8.42 Å². The van der Waals surface area contributed by atoms with Gasteiger partial charge in [-0.25, -0.2) is 8.42 Å². The number of nitrogens with one attached hydrogen (secondary N) is 1. The van der Waals surface area contributed by atoms with Gasteiger partial charge in [-0.05, 0) is 46.9 Å². The lowest BCUT2D eigenvalue weighted by atomic mass is 10.3. The summed E-state index contributed by atoms with van der Waals surface area (Å²) in [7, 11) is -3.57. The van der Waals surface area contributed by atoms with Crippen molar-refractivity contribution in [1.29, 1.82) is 0 Å². The zero-order valence-corrected chi connectivity index (χ0v) is 14.2. The van der Waals surface area contributed by atoms with Crippen LogP contribution in [0.15, 0.2) is 38.3 Å². The van der Waals surface area contributed by atoms with Crippen LogP contribution in [0, 0.1) is 3.57 Å². The van der Waals surface area contributed by atoms with E-state index in [-0.39, 0.29) is 4.21 Å². The number of rotatable bonds is 3. The minimum atomic E-state index is -3.57. The van der Waals surface area contributed by atoms with Crippen LogP contribution in [0.3, 0.4) is 0 Å². The van der Waals surface area contributed by atoms with Crippen LogP contribution in [0.25, 0.3) is 0 Å². The van der Waals surface area contributed by atoms with Crippen molar-refractivity contribution in [3.63, 3.8) is 0 Å². The van der Waals surface area contributed by atoms with Crippen LogP contribution in [0.4, 0.5) is 11.4 Å². The van der Waals surface area contributed by atoms with Crippen molar-refractivity contribution >= 4 is 71.3 Å². The highest BCUT2D eigenvalue weighted by Gasteiger charge is 2.17. The number of nitrogens with two attached hydrogens (primary N) is 1. The first-order valence-electron chi connectivity index (χ1n) is 4.70. The quantitative estimate of drug-likeness (QED) is 0.691. The number of benzene rings is 1. The molecular weight excluding hydrogens is 451 g/mol. The van der Waals surface area contributed by atoms with Gasteiger partial charge in [0, 0.05) is 19.1 Å². The smallest absolute Gasteiger partial charge is 0.271 e. The molecule has 18 heavy (non-hydrogen) atoms. The molecule has 0 fully saturated rings. The van der Waals surface area contributed by atoms with E-state index in [1.807, 2.05) is 12.1 Å². The fraction of sp³-hybridized carbons (Fsp3) is 0. The first-order valence-corrected chi connectivity index (χ1v) is 8.94. The van der Waals surface area contributed by atoms with E-state index in [1.165, 1.54) is 6.07 Å². The topological polar surface area (TPSA) is 72.2 Å². The highest BCUT2D eigenvalue weighted by Crippen LogP contribution is 2.28. The minimum Gasteiger partial charge on any atom is -0.398 e. The largest absolute Gasteiger partial charge is 0.398 e. The molecule has 0 saturated heterocycles. The van der Waals surface area contributed by atoms with Crippen LogP contribution >= 0.6 is 49.9 Å². The normalized spacial score (nSPS) is 11.4. The Morgan fingerprint density at radius 3 is 2.67 bits per heavy atom. The number of thiophene rings is 1. The van der Waals surface area contributed by atoms with Gasteiger partial charge in [0.15, 0.2) is 0 Å². The molecular formula is C10H8BrIN2O2S2. The van der Waals surface area contributed by atoms with E-state index in [1.54, 1.807) is 11.4 Å². The molecule has 0 bridgehead atoms. The number of hydrogen-bond donors (Lipinski definition) is 2. The van der Waals surface area contributed by atoms with Gasteiger partial charge in [0.25, 0.3) is 10.0 Å².